The molecule has 35 heavy (non-hydrogen) atoms. The van der Waals surface area contributed by atoms with Crippen LogP contribution in [0, 0.1) is 0 Å². The summed E-state index contributed by atoms with van der Waals surface area (Å²) in [6.45, 7) is 11.1. The molecule has 1 aliphatic heterocycles. The van der Waals surface area contributed by atoms with E-state index in [0.29, 0.717) is 41.8 Å². The van der Waals surface area contributed by atoms with Crippen molar-refractivity contribution in [1.82, 2.24) is 19.5 Å². The Balaban J connectivity index is 1.41. The second-order valence-corrected chi connectivity index (χ2v) is 15.9. The third kappa shape index (κ3) is 4.51. The summed E-state index contributed by atoms with van der Waals surface area (Å²) in [6.07, 6.45) is 4.06. The lowest BCUT2D eigenvalue weighted by Gasteiger charge is -2.40. The van der Waals surface area contributed by atoms with E-state index in [0.717, 1.165) is 0 Å². The van der Waals surface area contributed by atoms with Crippen LogP contribution in [0.25, 0.3) is 11.2 Å². The maximum Gasteiger partial charge on any atom is 0.256 e. The largest absolute Gasteiger partial charge is 0.411 e. The van der Waals surface area contributed by atoms with E-state index >= 15 is 0 Å². The molecule has 1 amide bonds. The fraction of sp³-hybridized carbons (Fsp3) is 0.520. The average Bonchev–Trinajstić information content (AvgIpc) is 3.20. The van der Waals surface area contributed by atoms with Crippen LogP contribution in [0.1, 0.15) is 56.6 Å². The van der Waals surface area contributed by atoms with Gasteiger partial charge < -0.3 is 19.6 Å². The number of aromatic nitrogens is 4. The van der Waals surface area contributed by atoms with Crippen molar-refractivity contribution in [2.45, 2.75) is 82.2 Å². The molecule has 3 aromatic rings. The highest BCUT2D eigenvalue weighted by Crippen LogP contribution is 2.50. The molecule has 0 bridgehead atoms. The molecule has 9 nitrogen and oxygen atoms in total. The number of benzene rings is 1. The molecule has 1 saturated heterocycles. The fourth-order valence-corrected chi connectivity index (χ4v) is 5.62. The van der Waals surface area contributed by atoms with Crippen LogP contribution < -0.4 is 5.32 Å². The number of rotatable bonds is 6. The summed E-state index contributed by atoms with van der Waals surface area (Å²) in [4.78, 5) is 25.8. The number of hydrogen-bond donors (Lipinski definition) is 2. The monoisotopic (exact) mass is 495 g/mol. The minimum absolute atomic E-state index is 0.0442. The van der Waals surface area contributed by atoms with Gasteiger partial charge in [-0.05, 0) is 43.1 Å². The maximum absolute atomic E-state index is 12.7. The van der Waals surface area contributed by atoms with Gasteiger partial charge in [0.1, 0.15) is 18.7 Å². The number of fused-ring (bicyclic) bond motifs is 1. The summed E-state index contributed by atoms with van der Waals surface area (Å²) in [6, 6.07) is 8.96. The van der Waals surface area contributed by atoms with Gasteiger partial charge in [-0.15, -0.1) is 0 Å². The molecule has 1 saturated carbocycles. The summed E-state index contributed by atoms with van der Waals surface area (Å²) < 4.78 is 15.0. The van der Waals surface area contributed by atoms with E-state index in [2.05, 4.69) is 54.1 Å². The van der Waals surface area contributed by atoms with Gasteiger partial charge in [-0.3, -0.25) is 9.36 Å². The van der Waals surface area contributed by atoms with Crippen molar-refractivity contribution in [2.24, 2.45) is 0 Å². The van der Waals surface area contributed by atoms with E-state index in [1.165, 1.54) is 6.33 Å². The number of aliphatic hydroxyl groups is 1. The second-order valence-electron chi connectivity index (χ2n) is 11.1. The van der Waals surface area contributed by atoms with E-state index in [4.69, 9.17) is 9.16 Å². The molecule has 1 aliphatic carbocycles. The highest BCUT2D eigenvalue weighted by atomic mass is 28.4. The number of imidazole rings is 1. The molecule has 5 rings (SSSR count). The van der Waals surface area contributed by atoms with Crippen LogP contribution >= 0.6 is 0 Å². The molecular formula is C25H33N5O4Si. The number of nitrogens with one attached hydrogen (secondary N) is 1. The van der Waals surface area contributed by atoms with Crippen molar-refractivity contribution in [2.75, 3.05) is 5.32 Å². The third-order valence-corrected chi connectivity index (χ3v) is 12.1. The summed E-state index contributed by atoms with van der Waals surface area (Å²) in [7, 11) is -2.08. The number of nitrogens with zero attached hydrogens (tertiary/aromatic N) is 4. The SMILES string of the molecule is CC(C)(C)[Si](C)(C)OC1C[C@H](n2cnc3c(NC(=O)c4ccccc4)ncnc32)O[C@@H]1C1(O)CC1. The van der Waals surface area contributed by atoms with E-state index in [9.17, 15) is 9.90 Å². The van der Waals surface area contributed by atoms with E-state index in [-0.39, 0.29) is 17.0 Å². The highest BCUT2D eigenvalue weighted by Gasteiger charge is 2.58. The number of amides is 1. The number of ether oxygens (including phenoxy) is 1. The number of anilines is 1. The van der Waals surface area contributed by atoms with Gasteiger partial charge in [-0.25, -0.2) is 15.0 Å². The molecule has 186 valence electrons. The Morgan fingerprint density at radius 2 is 1.91 bits per heavy atom. The predicted octanol–water partition coefficient (Wildman–Crippen LogP) is 4.28. The Labute approximate surface area is 206 Å². The van der Waals surface area contributed by atoms with E-state index in [1.807, 2.05) is 22.8 Å². The topological polar surface area (TPSA) is 111 Å². The quantitative estimate of drug-likeness (QED) is 0.491. The van der Waals surface area contributed by atoms with Gasteiger partial charge in [-0.2, -0.15) is 0 Å². The van der Waals surface area contributed by atoms with Crippen molar-refractivity contribution in [3.8, 4) is 0 Å². The first-order valence-corrected chi connectivity index (χ1v) is 15.0. The minimum Gasteiger partial charge on any atom is -0.411 e. The lowest BCUT2D eigenvalue weighted by molar-refractivity contribution is -0.0913. The zero-order valence-electron chi connectivity index (χ0n) is 20.9. The van der Waals surface area contributed by atoms with Gasteiger partial charge in [0.15, 0.2) is 25.3 Å². The van der Waals surface area contributed by atoms with Gasteiger partial charge in [0.25, 0.3) is 5.91 Å². The smallest absolute Gasteiger partial charge is 0.256 e. The number of carbonyl (C=O) groups is 1. The normalized spacial score (nSPS) is 24.0. The Hall–Kier alpha value is -2.66. The Bertz CT molecular complexity index is 1240. The van der Waals surface area contributed by atoms with Crippen molar-refractivity contribution >= 4 is 31.2 Å². The summed E-state index contributed by atoms with van der Waals surface area (Å²) in [5, 5.41) is 13.9. The summed E-state index contributed by atoms with van der Waals surface area (Å²) in [5.74, 6) is 0.0724. The number of hydrogen-bond acceptors (Lipinski definition) is 7. The zero-order valence-corrected chi connectivity index (χ0v) is 21.9. The first-order chi connectivity index (χ1) is 16.5. The fourth-order valence-electron chi connectivity index (χ4n) is 4.29. The molecule has 10 heteroatoms. The lowest BCUT2D eigenvalue weighted by atomic mass is 10.1. The Kier molecular flexibility index (Phi) is 5.82. The molecule has 3 atom stereocenters. The zero-order chi connectivity index (χ0) is 25.0. The average molecular weight is 496 g/mol. The minimum atomic E-state index is -2.08. The molecule has 1 aromatic carbocycles. The molecule has 2 fully saturated rings. The molecule has 2 aliphatic rings. The van der Waals surface area contributed by atoms with Crippen LogP contribution in [0.3, 0.4) is 0 Å². The van der Waals surface area contributed by atoms with Crippen molar-refractivity contribution in [1.29, 1.82) is 0 Å². The maximum atomic E-state index is 12.7. The summed E-state index contributed by atoms with van der Waals surface area (Å²) in [5.41, 5.74) is 0.727. The highest BCUT2D eigenvalue weighted by molar-refractivity contribution is 6.74. The van der Waals surface area contributed by atoms with Gasteiger partial charge >= 0.3 is 0 Å². The Morgan fingerprint density at radius 1 is 1.20 bits per heavy atom. The van der Waals surface area contributed by atoms with Crippen LogP contribution in [0.15, 0.2) is 43.0 Å². The van der Waals surface area contributed by atoms with Crippen molar-refractivity contribution in [3.05, 3.63) is 48.5 Å². The molecule has 0 spiro atoms. The van der Waals surface area contributed by atoms with Crippen LogP contribution in [0.4, 0.5) is 5.82 Å². The first kappa shape index (κ1) is 24.0. The molecule has 3 heterocycles. The van der Waals surface area contributed by atoms with Crippen LogP contribution in [-0.2, 0) is 9.16 Å². The predicted molar refractivity (Wildman–Crippen MR) is 134 cm³/mol. The molecule has 2 N–H and O–H groups in total. The number of carbonyl (C=O) groups excluding carboxylic acids is 1. The van der Waals surface area contributed by atoms with Crippen LogP contribution in [0.2, 0.25) is 18.1 Å². The van der Waals surface area contributed by atoms with E-state index < -0.39 is 26.3 Å². The molecular weight excluding hydrogens is 462 g/mol. The third-order valence-electron chi connectivity index (χ3n) is 7.56. The molecule has 2 aromatic heterocycles. The standard InChI is InChI=1S/C25H33N5O4Si/c1-24(2,3)35(4,5)34-17-13-18(33-20(17)25(32)11-12-25)30-15-28-19-21(26-14-27-22(19)30)29-23(31)16-9-7-6-8-10-16/h6-10,14-15,17-18,20,32H,11-13H2,1-5H3,(H,26,27,29,31)/t17?,18-,20+/m1/s1. The molecule has 1 unspecified atom stereocenters. The second kappa shape index (κ2) is 8.47. The lowest BCUT2D eigenvalue weighted by Crippen LogP contribution is -2.48. The van der Waals surface area contributed by atoms with Crippen molar-refractivity contribution in [3.63, 3.8) is 0 Å². The molecule has 0 radical (unpaired) electrons. The van der Waals surface area contributed by atoms with Crippen molar-refractivity contribution < 1.29 is 19.1 Å². The van der Waals surface area contributed by atoms with Gasteiger partial charge in [-0.1, -0.05) is 39.0 Å². The summed E-state index contributed by atoms with van der Waals surface area (Å²) >= 11 is 0. The van der Waals surface area contributed by atoms with E-state index in [1.54, 1.807) is 18.5 Å². The Morgan fingerprint density at radius 3 is 2.57 bits per heavy atom. The first-order valence-electron chi connectivity index (χ1n) is 12.1. The van der Waals surface area contributed by atoms with Crippen LogP contribution in [-0.4, -0.2) is 56.7 Å². The van der Waals surface area contributed by atoms with Gasteiger partial charge in [0.05, 0.1) is 18.0 Å². The van der Waals surface area contributed by atoms with Crippen LogP contribution in [0.5, 0.6) is 0 Å². The van der Waals surface area contributed by atoms with Gasteiger partial charge in [0, 0.05) is 12.0 Å². The van der Waals surface area contributed by atoms with Gasteiger partial charge in [0.2, 0.25) is 0 Å².